The van der Waals surface area contributed by atoms with Gasteiger partial charge >= 0.3 is 5.69 Å². The van der Waals surface area contributed by atoms with Crippen LogP contribution in [0.5, 0.6) is 5.88 Å². The Bertz CT molecular complexity index is 856. The lowest BCUT2D eigenvalue weighted by Crippen LogP contribution is -2.23. The number of aromatic nitrogens is 2. The van der Waals surface area contributed by atoms with Gasteiger partial charge in [0.2, 0.25) is 5.88 Å². The van der Waals surface area contributed by atoms with E-state index in [-0.39, 0.29) is 29.8 Å². The maximum Gasteiger partial charge on any atom is 0.352 e. The number of halogens is 1. The van der Waals surface area contributed by atoms with Gasteiger partial charge in [0.05, 0.1) is 5.56 Å². The van der Waals surface area contributed by atoms with Crippen LogP contribution in [-0.2, 0) is 13.2 Å². The van der Waals surface area contributed by atoms with E-state index in [0.717, 1.165) is 5.82 Å². The molecule has 0 bridgehead atoms. The van der Waals surface area contributed by atoms with Crippen LogP contribution in [0.2, 0.25) is 0 Å². The number of fused-ring (bicyclic) bond motifs is 1. The fourth-order valence-electron chi connectivity index (χ4n) is 2.53. The Morgan fingerprint density at radius 3 is 3.00 bits per heavy atom. The van der Waals surface area contributed by atoms with Gasteiger partial charge in [-0.3, -0.25) is 4.57 Å². The molecule has 0 spiro atoms. The van der Waals surface area contributed by atoms with Crippen molar-refractivity contribution in [2.75, 3.05) is 11.9 Å². The van der Waals surface area contributed by atoms with Crippen LogP contribution in [0.3, 0.4) is 0 Å². The highest BCUT2D eigenvalue weighted by Gasteiger charge is 2.25. The van der Waals surface area contributed by atoms with Gasteiger partial charge in [0, 0.05) is 25.7 Å². The van der Waals surface area contributed by atoms with Gasteiger partial charge in [-0.05, 0) is 24.6 Å². The van der Waals surface area contributed by atoms with E-state index >= 15 is 0 Å². The molecule has 2 heterocycles. The van der Waals surface area contributed by atoms with Gasteiger partial charge in [-0.25, -0.2) is 9.18 Å². The van der Waals surface area contributed by atoms with Gasteiger partial charge < -0.3 is 9.64 Å². The first-order valence-electron chi connectivity index (χ1n) is 7.15. The number of likely N-dealkylation sites (N-methyl/N-ethyl adjacent to an activating group) is 1. The molecule has 1 aliphatic heterocycles. The lowest BCUT2D eigenvalue weighted by atomic mass is 10.1. The third kappa shape index (κ3) is 2.75. The summed E-state index contributed by atoms with van der Waals surface area (Å²) in [6.45, 7) is 2.72. The zero-order valence-electron chi connectivity index (χ0n) is 12.8. The Labute approximate surface area is 132 Å². The number of ether oxygens (including phenoxy) is 1. The van der Waals surface area contributed by atoms with E-state index in [1.807, 2.05) is 18.9 Å². The predicted octanol–water partition coefficient (Wildman–Crippen LogP) is 1.67. The Hall–Kier alpha value is -2.88. The normalized spacial score (nSPS) is 16.1. The molecule has 118 valence electrons. The minimum absolute atomic E-state index is 0.0401. The van der Waals surface area contributed by atoms with Gasteiger partial charge in [-0.15, -0.1) is 0 Å². The monoisotopic (exact) mass is 314 g/mol. The molecule has 0 amide bonds. The number of hydrogen-bond acceptors (Lipinski definition) is 5. The van der Waals surface area contributed by atoms with E-state index in [4.69, 9.17) is 10.00 Å². The summed E-state index contributed by atoms with van der Waals surface area (Å²) >= 11 is 0. The number of benzene rings is 1. The molecule has 0 saturated heterocycles. The Balaban J connectivity index is 1.81. The van der Waals surface area contributed by atoms with Crippen molar-refractivity contribution in [3.8, 4) is 11.9 Å². The highest BCUT2D eigenvalue weighted by atomic mass is 19.1. The second-order valence-electron chi connectivity index (χ2n) is 5.52. The van der Waals surface area contributed by atoms with Crippen LogP contribution in [0.1, 0.15) is 18.1 Å². The molecule has 0 N–H and O–H groups in total. The minimum Gasteiger partial charge on any atom is -0.473 e. The maximum atomic E-state index is 13.3. The molecule has 6 nitrogen and oxygen atoms in total. The summed E-state index contributed by atoms with van der Waals surface area (Å²) < 4.78 is 20.4. The second kappa shape index (κ2) is 5.72. The summed E-state index contributed by atoms with van der Waals surface area (Å²) in [6.07, 6.45) is 0. The molecule has 7 heteroatoms. The summed E-state index contributed by atoms with van der Waals surface area (Å²) in [6, 6.07) is 7.88. The van der Waals surface area contributed by atoms with Crippen molar-refractivity contribution in [1.29, 1.82) is 5.26 Å². The van der Waals surface area contributed by atoms with Gasteiger partial charge in [0.25, 0.3) is 0 Å². The van der Waals surface area contributed by atoms with Crippen molar-refractivity contribution in [3.63, 3.8) is 0 Å². The molecular weight excluding hydrogens is 299 g/mol. The van der Waals surface area contributed by atoms with Crippen molar-refractivity contribution in [3.05, 3.63) is 51.7 Å². The summed E-state index contributed by atoms with van der Waals surface area (Å²) in [5, 5.41) is 8.83. The number of anilines is 1. The molecular formula is C16H15FN4O2. The molecule has 1 aromatic heterocycles. The molecule has 0 aliphatic carbocycles. The molecule has 0 fully saturated rings. The van der Waals surface area contributed by atoms with Crippen LogP contribution >= 0.6 is 0 Å². The average Bonchev–Trinajstić information content (AvgIpc) is 2.83. The number of nitriles is 1. The quantitative estimate of drug-likeness (QED) is 0.862. The molecule has 0 radical (unpaired) electrons. The van der Waals surface area contributed by atoms with Gasteiger partial charge in [-0.1, -0.05) is 6.07 Å². The minimum atomic E-state index is -0.569. The topological polar surface area (TPSA) is 71.1 Å². The summed E-state index contributed by atoms with van der Waals surface area (Å²) in [5.41, 5.74) is 0.235. The number of rotatable bonds is 3. The van der Waals surface area contributed by atoms with Crippen molar-refractivity contribution in [1.82, 2.24) is 9.55 Å². The van der Waals surface area contributed by atoms with Crippen LogP contribution in [0.25, 0.3) is 0 Å². The number of nitrogens with zero attached hydrogens (tertiary/aromatic N) is 4. The first-order chi connectivity index (χ1) is 11.0. The Kier molecular flexibility index (Phi) is 3.74. The first kappa shape index (κ1) is 15.0. The van der Waals surface area contributed by atoms with Crippen LogP contribution in [0.15, 0.2) is 29.1 Å². The molecule has 3 rings (SSSR count). The fraction of sp³-hybridized carbons (Fsp3) is 0.312. The molecule has 1 aliphatic rings. The van der Waals surface area contributed by atoms with E-state index < -0.39 is 5.82 Å². The van der Waals surface area contributed by atoms with E-state index in [1.165, 1.54) is 18.2 Å². The van der Waals surface area contributed by atoms with Crippen LogP contribution in [-0.4, -0.2) is 22.6 Å². The highest BCUT2D eigenvalue weighted by Crippen LogP contribution is 2.24. The molecule has 1 atom stereocenters. The highest BCUT2D eigenvalue weighted by molar-refractivity contribution is 5.45. The number of hydrogen-bond donors (Lipinski definition) is 0. The largest absolute Gasteiger partial charge is 0.473 e. The fourth-order valence-corrected chi connectivity index (χ4v) is 2.53. The predicted molar refractivity (Wildman–Crippen MR) is 81.8 cm³/mol. The Morgan fingerprint density at radius 1 is 1.48 bits per heavy atom. The smallest absolute Gasteiger partial charge is 0.352 e. The lowest BCUT2D eigenvalue weighted by Gasteiger charge is -2.16. The summed E-state index contributed by atoms with van der Waals surface area (Å²) in [4.78, 5) is 17.9. The lowest BCUT2D eigenvalue weighted by molar-refractivity contribution is 0.291. The molecule has 23 heavy (non-hydrogen) atoms. The zero-order chi connectivity index (χ0) is 16.6. The SMILES string of the molecule is C[C@@H]1Cn2c(cc(OCc3ccc(F)c(C#N)c3)nc2=O)N1C. The van der Waals surface area contributed by atoms with E-state index in [0.29, 0.717) is 12.1 Å². The summed E-state index contributed by atoms with van der Waals surface area (Å²) in [5.74, 6) is 0.398. The molecule has 0 saturated carbocycles. The molecule has 2 aromatic rings. The zero-order valence-corrected chi connectivity index (χ0v) is 12.8. The van der Waals surface area contributed by atoms with E-state index in [9.17, 15) is 9.18 Å². The van der Waals surface area contributed by atoms with Crippen LogP contribution in [0, 0.1) is 17.1 Å². The van der Waals surface area contributed by atoms with Crippen LogP contribution < -0.4 is 15.3 Å². The van der Waals surface area contributed by atoms with Gasteiger partial charge in [0.1, 0.15) is 24.3 Å². The van der Waals surface area contributed by atoms with Crippen LogP contribution in [0.4, 0.5) is 10.2 Å². The standard InChI is InChI=1S/C16H15FN4O2/c1-10-8-21-15(20(10)2)6-14(19-16(21)22)23-9-11-3-4-13(17)12(5-11)7-18/h3-6,10H,8-9H2,1-2H3/t10-/m1/s1. The van der Waals surface area contributed by atoms with Gasteiger partial charge in [-0.2, -0.15) is 10.2 Å². The third-order valence-electron chi connectivity index (χ3n) is 3.97. The maximum absolute atomic E-state index is 13.3. The van der Waals surface area contributed by atoms with Crippen molar-refractivity contribution in [2.45, 2.75) is 26.1 Å². The Morgan fingerprint density at radius 2 is 2.26 bits per heavy atom. The second-order valence-corrected chi connectivity index (χ2v) is 5.52. The third-order valence-corrected chi connectivity index (χ3v) is 3.97. The molecule has 0 unspecified atom stereocenters. The van der Waals surface area contributed by atoms with E-state index in [1.54, 1.807) is 16.7 Å². The van der Waals surface area contributed by atoms with Crippen molar-refractivity contribution >= 4 is 5.82 Å². The van der Waals surface area contributed by atoms with Crippen molar-refractivity contribution in [2.24, 2.45) is 0 Å². The summed E-state index contributed by atoms with van der Waals surface area (Å²) in [7, 11) is 1.91. The van der Waals surface area contributed by atoms with E-state index in [2.05, 4.69) is 4.98 Å². The van der Waals surface area contributed by atoms with Gasteiger partial charge in [0.15, 0.2) is 0 Å². The first-order valence-corrected chi connectivity index (χ1v) is 7.15. The average molecular weight is 314 g/mol. The molecule has 1 aromatic carbocycles. The van der Waals surface area contributed by atoms with Crippen molar-refractivity contribution < 1.29 is 9.13 Å².